The van der Waals surface area contributed by atoms with E-state index in [0.717, 1.165) is 12.0 Å². The molecule has 0 aliphatic rings. The minimum atomic E-state index is -0.789. The number of aliphatic carboxylic acids is 1. The number of rotatable bonds is 6. The van der Waals surface area contributed by atoms with E-state index in [1.807, 2.05) is 0 Å². The number of carbonyl (C=O) groups is 1. The summed E-state index contributed by atoms with van der Waals surface area (Å²) < 4.78 is 0. The molecule has 1 aromatic rings. The molecule has 5 heteroatoms. The Balaban J connectivity index is 2.60. The van der Waals surface area contributed by atoms with Crippen LogP contribution in [0.2, 0.25) is 5.15 Å². The first-order valence-electron chi connectivity index (χ1n) is 5.16. The molecule has 4 nitrogen and oxygen atoms in total. The standard InChI is InChI=1S/C11H15ClN2O2/c12-10-4-3-8(7-14-10)6-9(11(15)16)2-1-5-13/h3-4,7,9H,1-2,5-6,13H2,(H,15,16). The zero-order valence-corrected chi connectivity index (χ0v) is 9.65. The zero-order chi connectivity index (χ0) is 12.0. The number of carboxylic acid groups (broad SMARTS) is 1. The Morgan fingerprint density at radius 3 is 2.81 bits per heavy atom. The van der Waals surface area contributed by atoms with Gasteiger partial charge in [-0.25, -0.2) is 4.98 Å². The number of nitrogens with two attached hydrogens (primary N) is 1. The van der Waals surface area contributed by atoms with E-state index < -0.39 is 11.9 Å². The molecule has 16 heavy (non-hydrogen) atoms. The highest BCUT2D eigenvalue weighted by atomic mass is 35.5. The van der Waals surface area contributed by atoms with E-state index in [-0.39, 0.29) is 0 Å². The van der Waals surface area contributed by atoms with Gasteiger partial charge in [0.15, 0.2) is 0 Å². The van der Waals surface area contributed by atoms with Crippen LogP contribution in [0.15, 0.2) is 18.3 Å². The van der Waals surface area contributed by atoms with Gasteiger partial charge < -0.3 is 10.8 Å². The first-order valence-corrected chi connectivity index (χ1v) is 5.54. The summed E-state index contributed by atoms with van der Waals surface area (Å²) in [5, 5.41) is 9.44. The first-order chi connectivity index (χ1) is 7.63. The Labute approximate surface area is 99.4 Å². The zero-order valence-electron chi connectivity index (χ0n) is 8.90. The number of hydrogen-bond acceptors (Lipinski definition) is 3. The maximum Gasteiger partial charge on any atom is 0.306 e. The third-order valence-corrected chi connectivity index (χ3v) is 2.60. The molecule has 0 aliphatic heterocycles. The van der Waals surface area contributed by atoms with Gasteiger partial charge in [0.1, 0.15) is 5.15 Å². The van der Waals surface area contributed by atoms with Crippen LogP contribution in [0.1, 0.15) is 18.4 Å². The van der Waals surface area contributed by atoms with Crippen molar-refractivity contribution in [3.63, 3.8) is 0 Å². The molecule has 1 atom stereocenters. The van der Waals surface area contributed by atoms with E-state index in [4.69, 9.17) is 22.4 Å². The van der Waals surface area contributed by atoms with E-state index in [2.05, 4.69) is 4.98 Å². The Kier molecular flexibility index (Phi) is 5.22. The lowest BCUT2D eigenvalue weighted by Gasteiger charge is -2.11. The van der Waals surface area contributed by atoms with Gasteiger partial charge in [0.2, 0.25) is 0 Å². The molecule has 1 heterocycles. The van der Waals surface area contributed by atoms with Crippen LogP contribution in [0.4, 0.5) is 0 Å². The fraction of sp³-hybridized carbons (Fsp3) is 0.455. The average Bonchev–Trinajstić information content (AvgIpc) is 2.26. The third-order valence-electron chi connectivity index (χ3n) is 2.38. The summed E-state index contributed by atoms with van der Waals surface area (Å²) >= 11 is 5.65. The second-order valence-electron chi connectivity index (χ2n) is 3.66. The van der Waals surface area contributed by atoms with Crippen LogP contribution in [0.25, 0.3) is 0 Å². The van der Waals surface area contributed by atoms with Crippen LogP contribution in [-0.2, 0) is 11.2 Å². The molecule has 88 valence electrons. The Bertz CT molecular complexity index is 340. The smallest absolute Gasteiger partial charge is 0.306 e. The Morgan fingerprint density at radius 2 is 2.31 bits per heavy atom. The van der Waals surface area contributed by atoms with Crippen LogP contribution < -0.4 is 5.73 Å². The van der Waals surface area contributed by atoms with E-state index in [1.165, 1.54) is 0 Å². The van der Waals surface area contributed by atoms with Gasteiger partial charge in [0, 0.05) is 6.20 Å². The predicted octanol–water partition coefficient (Wildman–Crippen LogP) is 1.72. The number of nitrogens with zero attached hydrogens (tertiary/aromatic N) is 1. The van der Waals surface area contributed by atoms with Crippen molar-refractivity contribution in [3.05, 3.63) is 29.0 Å². The largest absolute Gasteiger partial charge is 0.481 e. The topological polar surface area (TPSA) is 76.2 Å². The molecule has 0 spiro atoms. The molecular weight excluding hydrogens is 228 g/mol. The molecule has 0 fully saturated rings. The summed E-state index contributed by atoms with van der Waals surface area (Å²) in [6.07, 6.45) is 3.40. The number of aromatic nitrogens is 1. The fourth-order valence-electron chi connectivity index (χ4n) is 1.49. The van der Waals surface area contributed by atoms with Gasteiger partial charge in [0.25, 0.3) is 0 Å². The number of halogens is 1. The highest BCUT2D eigenvalue weighted by molar-refractivity contribution is 6.29. The average molecular weight is 243 g/mol. The molecule has 0 bridgehead atoms. The van der Waals surface area contributed by atoms with Crippen molar-refractivity contribution in [2.24, 2.45) is 11.7 Å². The molecule has 0 saturated heterocycles. The molecule has 1 unspecified atom stereocenters. The van der Waals surface area contributed by atoms with Gasteiger partial charge in [-0.1, -0.05) is 17.7 Å². The summed E-state index contributed by atoms with van der Waals surface area (Å²) in [6, 6.07) is 3.46. The molecule has 1 rings (SSSR count). The van der Waals surface area contributed by atoms with Crippen molar-refractivity contribution in [2.75, 3.05) is 6.54 Å². The molecule has 0 radical (unpaired) electrons. The number of carboxylic acids is 1. The summed E-state index contributed by atoms with van der Waals surface area (Å²) in [5.41, 5.74) is 6.25. The second-order valence-corrected chi connectivity index (χ2v) is 4.05. The van der Waals surface area contributed by atoms with Crippen LogP contribution in [0.3, 0.4) is 0 Å². The lowest BCUT2D eigenvalue weighted by atomic mass is 9.96. The van der Waals surface area contributed by atoms with Gasteiger partial charge in [-0.05, 0) is 37.4 Å². The number of hydrogen-bond donors (Lipinski definition) is 2. The van der Waals surface area contributed by atoms with Gasteiger partial charge in [-0.2, -0.15) is 0 Å². The maximum atomic E-state index is 11.0. The SMILES string of the molecule is NCCCC(Cc1ccc(Cl)nc1)C(=O)O. The van der Waals surface area contributed by atoms with E-state index in [9.17, 15) is 4.79 Å². The van der Waals surface area contributed by atoms with Crippen molar-refractivity contribution in [1.82, 2.24) is 4.98 Å². The monoisotopic (exact) mass is 242 g/mol. The summed E-state index contributed by atoms with van der Waals surface area (Å²) in [7, 11) is 0. The quantitative estimate of drug-likeness (QED) is 0.745. The van der Waals surface area contributed by atoms with E-state index >= 15 is 0 Å². The summed E-state index contributed by atoms with van der Waals surface area (Å²) in [5.74, 6) is -1.19. The lowest BCUT2D eigenvalue weighted by Crippen LogP contribution is -2.18. The van der Waals surface area contributed by atoms with Crippen molar-refractivity contribution in [3.8, 4) is 0 Å². The van der Waals surface area contributed by atoms with Crippen molar-refractivity contribution in [2.45, 2.75) is 19.3 Å². The van der Waals surface area contributed by atoms with Crippen molar-refractivity contribution >= 4 is 17.6 Å². The van der Waals surface area contributed by atoms with Gasteiger partial charge in [-0.3, -0.25) is 4.79 Å². The third kappa shape index (κ3) is 4.16. The minimum Gasteiger partial charge on any atom is -0.481 e. The highest BCUT2D eigenvalue weighted by Crippen LogP contribution is 2.15. The molecule has 1 aromatic heterocycles. The first kappa shape index (κ1) is 12.9. The van der Waals surface area contributed by atoms with Crippen LogP contribution in [-0.4, -0.2) is 22.6 Å². The van der Waals surface area contributed by atoms with Crippen LogP contribution in [0.5, 0.6) is 0 Å². The van der Waals surface area contributed by atoms with E-state index in [0.29, 0.717) is 24.5 Å². The Morgan fingerprint density at radius 1 is 1.56 bits per heavy atom. The lowest BCUT2D eigenvalue weighted by molar-refractivity contribution is -0.141. The molecule has 3 N–H and O–H groups in total. The number of pyridine rings is 1. The molecule has 0 aliphatic carbocycles. The molecular formula is C11H15ClN2O2. The molecule has 0 aromatic carbocycles. The van der Waals surface area contributed by atoms with Crippen molar-refractivity contribution < 1.29 is 9.90 Å². The normalized spacial score (nSPS) is 12.4. The van der Waals surface area contributed by atoms with Crippen molar-refractivity contribution in [1.29, 1.82) is 0 Å². The van der Waals surface area contributed by atoms with Gasteiger partial charge in [0.05, 0.1) is 5.92 Å². The van der Waals surface area contributed by atoms with Gasteiger partial charge in [-0.15, -0.1) is 0 Å². The van der Waals surface area contributed by atoms with Gasteiger partial charge >= 0.3 is 5.97 Å². The van der Waals surface area contributed by atoms with Crippen LogP contribution >= 0.6 is 11.6 Å². The van der Waals surface area contributed by atoms with E-state index in [1.54, 1.807) is 18.3 Å². The molecule has 0 saturated carbocycles. The highest BCUT2D eigenvalue weighted by Gasteiger charge is 2.17. The summed E-state index contributed by atoms with van der Waals surface area (Å²) in [6.45, 7) is 0.517. The second kappa shape index (κ2) is 6.45. The minimum absolute atomic E-state index is 0.397. The summed E-state index contributed by atoms with van der Waals surface area (Å²) in [4.78, 5) is 14.9. The maximum absolute atomic E-state index is 11.0. The Hall–Kier alpha value is -1.13. The molecule has 0 amide bonds. The fourth-order valence-corrected chi connectivity index (χ4v) is 1.60. The predicted molar refractivity (Wildman–Crippen MR) is 62.4 cm³/mol. The van der Waals surface area contributed by atoms with Crippen LogP contribution in [0, 0.1) is 5.92 Å².